The van der Waals surface area contributed by atoms with Gasteiger partial charge >= 0.3 is 5.69 Å². The smallest absolute Gasteiger partial charge is 0.355 e. The van der Waals surface area contributed by atoms with E-state index in [-0.39, 0.29) is 17.9 Å². The van der Waals surface area contributed by atoms with Gasteiger partial charge in [0.05, 0.1) is 27.5 Å². The Hall–Kier alpha value is -4.24. The molecule has 4 aromatic rings. The Morgan fingerprint density at radius 1 is 1.21 bits per heavy atom. The number of hydrogen-bond acceptors (Lipinski definition) is 7. The van der Waals surface area contributed by atoms with Crippen LogP contribution in [0.3, 0.4) is 0 Å². The van der Waals surface area contributed by atoms with E-state index in [4.69, 9.17) is 26.6 Å². The summed E-state index contributed by atoms with van der Waals surface area (Å²) in [5.41, 5.74) is 6.04. The Morgan fingerprint density at radius 3 is 2.77 bits per heavy atom. The first-order valence-electron chi connectivity index (χ1n) is 14.8. The number of halogens is 1. The van der Waals surface area contributed by atoms with Gasteiger partial charge in [-0.2, -0.15) is 4.98 Å². The van der Waals surface area contributed by atoms with Crippen molar-refractivity contribution in [2.45, 2.75) is 52.5 Å². The van der Waals surface area contributed by atoms with Crippen molar-refractivity contribution >= 4 is 40.0 Å². The standard InChI is InChI=1S/C33H36ClN7O2/c1-6-26(42)39-15-16-40(21(5)18-39)31-23-17-20(4)29-27-24(34)10-7-11-25(27)35-13-8-9-22-12-14-36-28(19(2)3)30(22)41(32(23)37-29)33(43)38-31/h6-7,10-12,14,17,19,21,35H,1,8-9,13,15-16,18H2,2-5H3. The quantitative estimate of drug-likeness (QED) is 0.311. The highest BCUT2D eigenvalue weighted by Gasteiger charge is 2.31. The monoisotopic (exact) mass is 597 g/mol. The zero-order chi connectivity index (χ0) is 30.4. The lowest BCUT2D eigenvalue weighted by Gasteiger charge is -2.40. The summed E-state index contributed by atoms with van der Waals surface area (Å²) in [5, 5.41) is 4.93. The molecule has 1 aromatic carbocycles. The van der Waals surface area contributed by atoms with E-state index in [1.807, 2.05) is 44.3 Å². The van der Waals surface area contributed by atoms with Crippen LogP contribution < -0.4 is 15.9 Å². The van der Waals surface area contributed by atoms with Gasteiger partial charge in [-0.15, -0.1) is 0 Å². The number of aromatic nitrogens is 4. The minimum atomic E-state index is -0.410. The van der Waals surface area contributed by atoms with Gasteiger partial charge in [-0.25, -0.2) is 14.3 Å². The molecule has 10 heteroatoms. The molecule has 0 radical (unpaired) electrons. The molecule has 6 rings (SSSR count). The van der Waals surface area contributed by atoms with E-state index < -0.39 is 5.69 Å². The molecular weight excluding hydrogens is 562 g/mol. The number of fused-ring (bicyclic) bond motifs is 5. The molecule has 1 unspecified atom stereocenters. The van der Waals surface area contributed by atoms with Crippen molar-refractivity contribution in [3.05, 3.63) is 81.5 Å². The lowest BCUT2D eigenvalue weighted by molar-refractivity contribution is -0.126. The topological polar surface area (TPSA) is 96.3 Å². The number of carbonyl (C=O) groups is 1. The summed E-state index contributed by atoms with van der Waals surface area (Å²) >= 11 is 6.84. The molecule has 0 saturated carbocycles. The van der Waals surface area contributed by atoms with E-state index in [2.05, 4.69) is 36.7 Å². The summed E-state index contributed by atoms with van der Waals surface area (Å²) in [6.45, 7) is 14.1. The van der Waals surface area contributed by atoms with Crippen LogP contribution in [0.5, 0.6) is 0 Å². The fourth-order valence-electron chi connectivity index (χ4n) is 6.31. The average molecular weight is 598 g/mol. The molecular formula is C33H36ClN7O2. The molecule has 43 heavy (non-hydrogen) atoms. The first-order valence-corrected chi connectivity index (χ1v) is 15.2. The number of hydrogen-bond donors (Lipinski definition) is 1. The number of rotatable bonds is 3. The van der Waals surface area contributed by atoms with Crippen LogP contribution in [0.1, 0.15) is 49.9 Å². The van der Waals surface area contributed by atoms with Gasteiger partial charge in [0.1, 0.15) is 5.82 Å². The molecule has 2 bridgehead atoms. The Labute approximate surface area is 256 Å². The van der Waals surface area contributed by atoms with E-state index in [1.54, 1.807) is 9.47 Å². The van der Waals surface area contributed by atoms with Crippen molar-refractivity contribution in [1.29, 1.82) is 0 Å². The number of nitrogens with zero attached hydrogens (tertiary/aromatic N) is 6. The number of benzene rings is 1. The van der Waals surface area contributed by atoms with Gasteiger partial charge in [0.15, 0.2) is 5.65 Å². The molecule has 1 saturated heterocycles. The third kappa shape index (κ3) is 5.05. The highest BCUT2D eigenvalue weighted by Crippen LogP contribution is 2.39. The second-order valence-corrected chi connectivity index (χ2v) is 12.1. The Morgan fingerprint density at radius 2 is 2.02 bits per heavy atom. The summed E-state index contributed by atoms with van der Waals surface area (Å²) in [5.74, 6) is 0.536. The van der Waals surface area contributed by atoms with Gasteiger partial charge in [0.2, 0.25) is 5.91 Å². The number of anilines is 2. The van der Waals surface area contributed by atoms with Gasteiger partial charge in [-0.1, -0.05) is 38.1 Å². The first kappa shape index (κ1) is 28.9. The maximum atomic E-state index is 14.3. The molecule has 1 N–H and O–H groups in total. The molecule has 9 nitrogen and oxygen atoms in total. The molecule has 3 aromatic heterocycles. The number of nitrogens with one attached hydrogen (secondary N) is 1. The Bertz CT molecular complexity index is 1820. The van der Waals surface area contributed by atoms with Crippen LogP contribution in [0.25, 0.3) is 28.0 Å². The van der Waals surface area contributed by atoms with Crippen molar-refractivity contribution in [3.8, 4) is 16.9 Å². The minimum Gasteiger partial charge on any atom is -0.384 e. The number of pyridine rings is 2. The predicted octanol–water partition coefficient (Wildman–Crippen LogP) is 5.51. The van der Waals surface area contributed by atoms with Crippen LogP contribution in [-0.4, -0.2) is 62.5 Å². The molecule has 2 aliphatic heterocycles. The SMILES string of the molecule is C=CC(=O)N1CCN(c2nc(=O)n3c4nc(c(C)cc24)-c2c(Cl)cccc2NCCCc2ccnc(C(C)C)c2-3)C(C)C1. The summed E-state index contributed by atoms with van der Waals surface area (Å²) in [7, 11) is 0. The summed E-state index contributed by atoms with van der Waals surface area (Å²) in [4.78, 5) is 45.3. The lowest BCUT2D eigenvalue weighted by Crippen LogP contribution is -2.54. The van der Waals surface area contributed by atoms with E-state index in [0.29, 0.717) is 41.8 Å². The average Bonchev–Trinajstić information content (AvgIpc) is 2.98. The molecule has 1 amide bonds. The van der Waals surface area contributed by atoms with Crippen molar-refractivity contribution in [2.75, 3.05) is 36.4 Å². The van der Waals surface area contributed by atoms with Crippen molar-refractivity contribution in [2.24, 2.45) is 0 Å². The van der Waals surface area contributed by atoms with Crippen LogP contribution in [-0.2, 0) is 11.2 Å². The van der Waals surface area contributed by atoms with Gasteiger partial charge in [-0.05, 0) is 74.1 Å². The van der Waals surface area contributed by atoms with E-state index in [9.17, 15) is 9.59 Å². The fraction of sp³-hybridized carbons (Fsp3) is 0.364. The normalized spacial score (nSPS) is 16.7. The van der Waals surface area contributed by atoms with Gasteiger partial charge in [0, 0.05) is 49.7 Å². The predicted molar refractivity (Wildman–Crippen MR) is 173 cm³/mol. The number of aryl methyl sites for hydroxylation is 2. The fourth-order valence-corrected chi connectivity index (χ4v) is 6.58. The molecule has 0 spiro atoms. The molecule has 222 valence electrons. The van der Waals surface area contributed by atoms with E-state index >= 15 is 0 Å². The van der Waals surface area contributed by atoms with Crippen molar-refractivity contribution in [1.82, 2.24) is 24.4 Å². The van der Waals surface area contributed by atoms with Crippen LogP contribution in [0.4, 0.5) is 11.5 Å². The maximum Gasteiger partial charge on any atom is 0.355 e. The summed E-state index contributed by atoms with van der Waals surface area (Å²) < 4.78 is 1.66. The number of piperazine rings is 1. The van der Waals surface area contributed by atoms with Crippen LogP contribution >= 0.6 is 11.6 Å². The molecule has 1 atom stereocenters. The summed E-state index contributed by atoms with van der Waals surface area (Å²) in [6.07, 6.45) is 4.75. The molecule has 1 fully saturated rings. The molecule has 0 aliphatic carbocycles. The highest BCUT2D eigenvalue weighted by molar-refractivity contribution is 6.34. The van der Waals surface area contributed by atoms with E-state index in [0.717, 1.165) is 58.5 Å². The Balaban J connectivity index is 1.68. The minimum absolute atomic E-state index is 0.0678. The maximum absolute atomic E-state index is 14.3. The largest absolute Gasteiger partial charge is 0.384 e. The zero-order valence-corrected chi connectivity index (χ0v) is 25.8. The molecule has 2 aliphatic rings. The van der Waals surface area contributed by atoms with Crippen molar-refractivity contribution < 1.29 is 4.79 Å². The van der Waals surface area contributed by atoms with Gasteiger partial charge in [0.25, 0.3) is 0 Å². The van der Waals surface area contributed by atoms with Gasteiger partial charge in [-0.3, -0.25) is 9.78 Å². The third-order valence-corrected chi connectivity index (χ3v) is 8.73. The van der Waals surface area contributed by atoms with Crippen LogP contribution in [0.15, 0.2) is 54.0 Å². The second-order valence-electron chi connectivity index (χ2n) is 11.7. The number of carbonyl (C=O) groups excluding carboxylic acids is 1. The number of amides is 1. The van der Waals surface area contributed by atoms with Crippen LogP contribution in [0.2, 0.25) is 5.02 Å². The summed E-state index contributed by atoms with van der Waals surface area (Å²) in [6, 6.07) is 9.80. The zero-order valence-electron chi connectivity index (χ0n) is 25.0. The van der Waals surface area contributed by atoms with Crippen LogP contribution in [0, 0.1) is 6.92 Å². The first-order chi connectivity index (χ1) is 20.7. The second kappa shape index (κ2) is 11.4. The highest BCUT2D eigenvalue weighted by atomic mass is 35.5. The lowest BCUT2D eigenvalue weighted by atomic mass is 9.99. The Kier molecular flexibility index (Phi) is 7.68. The van der Waals surface area contributed by atoms with Crippen molar-refractivity contribution in [3.63, 3.8) is 0 Å². The van der Waals surface area contributed by atoms with E-state index in [1.165, 1.54) is 6.08 Å². The third-order valence-electron chi connectivity index (χ3n) is 8.42. The molecule has 5 heterocycles. The van der Waals surface area contributed by atoms with Gasteiger partial charge < -0.3 is 15.1 Å².